The minimum absolute atomic E-state index is 0.112. The molecule has 1 atom stereocenters. The van der Waals surface area contributed by atoms with Gasteiger partial charge in [-0.15, -0.1) is 0 Å². The van der Waals surface area contributed by atoms with Crippen LogP contribution >= 0.6 is 0 Å². The zero-order valence-electron chi connectivity index (χ0n) is 24.6. The first-order chi connectivity index (χ1) is 20.9. The van der Waals surface area contributed by atoms with Gasteiger partial charge in [-0.25, -0.2) is 0 Å². The summed E-state index contributed by atoms with van der Waals surface area (Å²) in [6.07, 6.45) is 0.0128. The maximum absolute atomic E-state index is 13.6. The quantitative estimate of drug-likeness (QED) is 0.197. The van der Waals surface area contributed by atoms with Crippen molar-refractivity contribution in [1.29, 1.82) is 0 Å². The van der Waals surface area contributed by atoms with Gasteiger partial charge in [-0.05, 0) is 79.1 Å². The van der Waals surface area contributed by atoms with Crippen molar-refractivity contribution >= 4 is 28.5 Å². The van der Waals surface area contributed by atoms with Gasteiger partial charge in [0.1, 0.15) is 30.8 Å². The van der Waals surface area contributed by atoms with Crippen LogP contribution in [0.15, 0.2) is 97.1 Å². The average molecular weight is 575 g/mol. The van der Waals surface area contributed by atoms with Crippen LogP contribution in [0.1, 0.15) is 32.7 Å². The van der Waals surface area contributed by atoms with E-state index in [-0.39, 0.29) is 31.0 Å². The second-order valence-electron chi connectivity index (χ2n) is 11.0. The second-order valence-corrected chi connectivity index (χ2v) is 11.0. The van der Waals surface area contributed by atoms with E-state index in [4.69, 9.17) is 14.2 Å². The molecule has 0 spiro atoms. The molecular formula is C36H34N2O5. The zero-order valence-corrected chi connectivity index (χ0v) is 24.6. The lowest BCUT2D eigenvalue weighted by molar-refractivity contribution is -0.144. The van der Waals surface area contributed by atoms with Gasteiger partial charge in [-0.2, -0.15) is 0 Å². The predicted octanol–water partition coefficient (Wildman–Crippen LogP) is 6.51. The maximum atomic E-state index is 13.6. The molecule has 2 heterocycles. The smallest absolute Gasteiger partial charge is 0.310 e. The lowest BCUT2D eigenvalue weighted by atomic mass is 10.1. The monoisotopic (exact) mass is 574 g/mol. The van der Waals surface area contributed by atoms with Gasteiger partial charge in [0.25, 0.3) is 5.91 Å². The number of fused-ring (bicyclic) bond motifs is 2. The Morgan fingerprint density at radius 2 is 1.70 bits per heavy atom. The fourth-order valence-corrected chi connectivity index (χ4v) is 5.54. The Bertz CT molecular complexity index is 1780. The summed E-state index contributed by atoms with van der Waals surface area (Å²) in [7, 11) is 2.05. The molecule has 0 aliphatic carbocycles. The molecule has 0 N–H and O–H groups in total. The van der Waals surface area contributed by atoms with E-state index in [1.807, 2.05) is 86.6 Å². The molecule has 0 unspecified atom stereocenters. The second kappa shape index (κ2) is 12.1. The van der Waals surface area contributed by atoms with E-state index >= 15 is 0 Å². The standard InChI is InChI=1S/C36H34N2O5/c1-24-12-17-33-34(18-24)43-30(21-37(33)3)23-41-29-15-13-27(14-16-29)36(40)38-25(2)19-31-28(10-7-11-32(31)38)20-35(39)42-22-26-8-5-4-6-9-26/h4-19,30H,20-23H2,1-3H3/t30-/m0/s1. The van der Waals surface area contributed by atoms with Crippen LogP contribution in [0.5, 0.6) is 11.5 Å². The fraction of sp³-hybridized carbons (Fsp3) is 0.222. The van der Waals surface area contributed by atoms with Crippen molar-refractivity contribution in [2.45, 2.75) is 33.0 Å². The molecule has 5 aromatic rings. The SMILES string of the molecule is Cc1ccc2c(c1)O[C@H](COc1ccc(C(=O)n3c(C)cc4c(CC(=O)OCc5ccccc5)cccc43)cc1)CN2C. The number of benzene rings is 4. The highest BCUT2D eigenvalue weighted by Crippen LogP contribution is 2.33. The molecule has 0 radical (unpaired) electrons. The Labute approximate surface area is 251 Å². The highest BCUT2D eigenvalue weighted by Gasteiger charge is 2.24. The summed E-state index contributed by atoms with van der Waals surface area (Å²) >= 11 is 0. The molecule has 7 heteroatoms. The van der Waals surface area contributed by atoms with Crippen LogP contribution in [-0.2, 0) is 22.6 Å². The van der Waals surface area contributed by atoms with E-state index in [0.717, 1.165) is 51.3 Å². The van der Waals surface area contributed by atoms with E-state index in [1.165, 1.54) is 0 Å². The molecule has 218 valence electrons. The molecule has 1 aromatic heterocycles. The molecule has 1 aliphatic heterocycles. The first-order valence-electron chi connectivity index (χ1n) is 14.4. The fourth-order valence-electron chi connectivity index (χ4n) is 5.54. The van der Waals surface area contributed by atoms with Crippen molar-refractivity contribution in [2.75, 3.05) is 25.1 Å². The van der Waals surface area contributed by atoms with Crippen LogP contribution in [0.4, 0.5) is 5.69 Å². The van der Waals surface area contributed by atoms with Crippen molar-refractivity contribution in [3.63, 3.8) is 0 Å². The summed E-state index contributed by atoms with van der Waals surface area (Å²) in [5.41, 5.74) is 6.07. The third-order valence-electron chi connectivity index (χ3n) is 7.74. The topological polar surface area (TPSA) is 70.0 Å². The summed E-state index contributed by atoms with van der Waals surface area (Å²) < 4.78 is 19.4. The summed E-state index contributed by atoms with van der Waals surface area (Å²) in [6.45, 7) is 5.29. The number of hydrogen-bond donors (Lipinski definition) is 0. The van der Waals surface area contributed by atoms with Crippen molar-refractivity contribution in [1.82, 2.24) is 4.57 Å². The van der Waals surface area contributed by atoms with E-state index in [9.17, 15) is 9.59 Å². The first-order valence-corrected chi connectivity index (χ1v) is 14.4. The highest BCUT2D eigenvalue weighted by molar-refractivity contribution is 6.04. The van der Waals surface area contributed by atoms with Gasteiger partial charge >= 0.3 is 5.97 Å². The number of rotatable bonds is 8. The van der Waals surface area contributed by atoms with E-state index in [0.29, 0.717) is 17.9 Å². The number of likely N-dealkylation sites (N-methyl/N-ethyl adjacent to an activating group) is 1. The Morgan fingerprint density at radius 1 is 0.907 bits per heavy atom. The van der Waals surface area contributed by atoms with Crippen LogP contribution in [0.3, 0.4) is 0 Å². The maximum Gasteiger partial charge on any atom is 0.310 e. The number of ether oxygens (including phenoxy) is 3. The van der Waals surface area contributed by atoms with Crippen molar-refractivity contribution < 1.29 is 23.8 Å². The van der Waals surface area contributed by atoms with Gasteiger partial charge in [0.2, 0.25) is 0 Å². The molecule has 6 rings (SSSR count). The van der Waals surface area contributed by atoms with Crippen molar-refractivity contribution in [2.24, 2.45) is 0 Å². The molecule has 43 heavy (non-hydrogen) atoms. The molecule has 0 saturated heterocycles. The molecule has 0 bridgehead atoms. The summed E-state index contributed by atoms with van der Waals surface area (Å²) in [6, 6.07) is 30.6. The largest absolute Gasteiger partial charge is 0.490 e. The van der Waals surface area contributed by atoms with Gasteiger partial charge in [0.05, 0.1) is 24.2 Å². The first kappa shape index (κ1) is 28.1. The normalized spacial score (nSPS) is 14.2. The number of nitrogens with zero attached hydrogens (tertiary/aromatic N) is 2. The molecule has 7 nitrogen and oxygen atoms in total. The predicted molar refractivity (Wildman–Crippen MR) is 167 cm³/mol. The number of aromatic nitrogens is 1. The number of hydrogen-bond acceptors (Lipinski definition) is 6. The Hall–Kier alpha value is -5.04. The Morgan fingerprint density at radius 3 is 2.49 bits per heavy atom. The van der Waals surface area contributed by atoms with Gasteiger partial charge in [0.15, 0.2) is 0 Å². The van der Waals surface area contributed by atoms with Gasteiger partial charge in [0, 0.05) is 23.7 Å². The summed E-state index contributed by atoms with van der Waals surface area (Å²) in [4.78, 5) is 28.4. The lowest BCUT2D eigenvalue weighted by Crippen LogP contribution is -2.41. The molecule has 4 aromatic carbocycles. The molecular weight excluding hydrogens is 540 g/mol. The van der Waals surface area contributed by atoms with Crippen molar-refractivity contribution in [3.8, 4) is 11.5 Å². The summed E-state index contributed by atoms with van der Waals surface area (Å²) in [5.74, 6) is 1.08. The van der Waals surface area contributed by atoms with Gasteiger partial charge < -0.3 is 19.1 Å². The van der Waals surface area contributed by atoms with E-state index in [2.05, 4.69) is 24.1 Å². The molecule has 0 amide bonds. The van der Waals surface area contributed by atoms with Crippen LogP contribution in [-0.4, -0.2) is 42.7 Å². The molecule has 1 aliphatic rings. The highest BCUT2D eigenvalue weighted by atomic mass is 16.5. The van der Waals surface area contributed by atoms with Crippen LogP contribution < -0.4 is 14.4 Å². The Kier molecular flexibility index (Phi) is 7.88. The van der Waals surface area contributed by atoms with Crippen LogP contribution in [0, 0.1) is 13.8 Å². The third-order valence-corrected chi connectivity index (χ3v) is 7.74. The minimum Gasteiger partial charge on any atom is -0.490 e. The lowest BCUT2D eigenvalue weighted by Gasteiger charge is -2.33. The number of carbonyl (C=O) groups excluding carboxylic acids is 2. The van der Waals surface area contributed by atoms with Crippen LogP contribution in [0.25, 0.3) is 10.9 Å². The van der Waals surface area contributed by atoms with Crippen molar-refractivity contribution in [3.05, 3.63) is 125 Å². The number of carbonyl (C=O) groups is 2. The zero-order chi connectivity index (χ0) is 29.9. The van der Waals surface area contributed by atoms with E-state index < -0.39 is 0 Å². The van der Waals surface area contributed by atoms with Crippen LogP contribution in [0.2, 0.25) is 0 Å². The Balaban J connectivity index is 1.11. The number of aryl methyl sites for hydroxylation is 2. The van der Waals surface area contributed by atoms with Gasteiger partial charge in [-0.3, -0.25) is 14.2 Å². The van der Waals surface area contributed by atoms with Gasteiger partial charge in [-0.1, -0.05) is 48.5 Å². The minimum atomic E-state index is -0.312. The molecule has 0 fully saturated rings. The summed E-state index contributed by atoms with van der Waals surface area (Å²) in [5, 5.41) is 0.860. The third kappa shape index (κ3) is 6.11. The van der Waals surface area contributed by atoms with E-state index in [1.54, 1.807) is 16.7 Å². The average Bonchev–Trinajstić information content (AvgIpc) is 3.36. The molecule has 0 saturated carbocycles. The number of esters is 1. The number of anilines is 1.